The summed E-state index contributed by atoms with van der Waals surface area (Å²) in [5.74, 6) is -1.40. The minimum Gasteiger partial charge on any atom is -0.465 e. The van der Waals surface area contributed by atoms with E-state index in [4.69, 9.17) is 19.6 Å². The number of anilines is 1. The molecule has 2 saturated heterocycles. The number of piperazine rings is 1. The Morgan fingerprint density at radius 2 is 1.74 bits per heavy atom. The van der Waals surface area contributed by atoms with Gasteiger partial charge in [0.1, 0.15) is 25.0 Å². The molecule has 2 aliphatic rings. The van der Waals surface area contributed by atoms with Crippen LogP contribution in [0.5, 0.6) is 0 Å². The van der Waals surface area contributed by atoms with Crippen LogP contribution in [0.2, 0.25) is 0 Å². The van der Waals surface area contributed by atoms with Gasteiger partial charge in [0.25, 0.3) is 0 Å². The number of rotatable bonds is 10. The number of benzene rings is 1. The van der Waals surface area contributed by atoms with E-state index < -0.39 is 30.2 Å². The normalized spacial score (nSPS) is 17.6. The molecule has 0 saturated carbocycles. The lowest BCUT2D eigenvalue weighted by Crippen LogP contribution is -2.53. The van der Waals surface area contributed by atoms with E-state index in [0.717, 1.165) is 0 Å². The summed E-state index contributed by atoms with van der Waals surface area (Å²) in [6.45, 7) is 5.11. The summed E-state index contributed by atoms with van der Waals surface area (Å²) in [6, 6.07) is 5.68. The van der Waals surface area contributed by atoms with Crippen LogP contribution in [0.3, 0.4) is 0 Å². The predicted molar refractivity (Wildman–Crippen MR) is 134 cm³/mol. The van der Waals surface area contributed by atoms with Gasteiger partial charge in [-0.25, -0.2) is 9.59 Å². The highest BCUT2D eigenvalue weighted by atomic mass is 16.6. The molecular weight excluding hydrogens is 500 g/mol. The van der Waals surface area contributed by atoms with Crippen molar-refractivity contribution >= 4 is 41.5 Å². The number of cyclic esters (lactones) is 1. The van der Waals surface area contributed by atoms with Gasteiger partial charge in [-0.1, -0.05) is 0 Å². The molecule has 0 bridgehead atoms. The highest BCUT2D eigenvalue weighted by Gasteiger charge is 2.35. The second-order valence-corrected chi connectivity index (χ2v) is 8.51. The van der Waals surface area contributed by atoms with E-state index in [1.807, 2.05) is 4.90 Å². The molecule has 4 amide bonds. The molecule has 3 N–H and O–H groups in total. The fourth-order valence-corrected chi connectivity index (χ4v) is 3.96. The van der Waals surface area contributed by atoms with Crippen molar-refractivity contribution in [1.82, 2.24) is 20.4 Å². The maximum Gasteiger partial charge on any atom is 0.414 e. The van der Waals surface area contributed by atoms with Crippen LogP contribution in [0.4, 0.5) is 15.3 Å². The first-order valence-electron chi connectivity index (χ1n) is 12.2. The Morgan fingerprint density at radius 3 is 2.39 bits per heavy atom. The van der Waals surface area contributed by atoms with E-state index in [2.05, 4.69) is 10.6 Å². The summed E-state index contributed by atoms with van der Waals surface area (Å²) < 4.78 is 15.1. The van der Waals surface area contributed by atoms with Gasteiger partial charge in [-0.2, -0.15) is 0 Å². The average Bonchev–Trinajstić information content (AvgIpc) is 3.24. The Bertz CT molecular complexity index is 1060. The maximum absolute atomic E-state index is 12.5. The van der Waals surface area contributed by atoms with Crippen molar-refractivity contribution in [3.8, 4) is 0 Å². The fraction of sp³-hybridized carbons (Fsp3) is 0.500. The molecule has 2 fully saturated rings. The molecule has 206 valence electrons. The van der Waals surface area contributed by atoms with Gasteiger partial charge in [0.05, 0.1) is 26.3 Å². The maximum atomic E-state index is 12.5. The molecule has 3 rings (SSSR count). The van der Waals surface area contributed by atoms with Crippen LogP contribution in [-0.4, -0.2) is 111 Å². The third-order valence-electron chi connectivity index (χ3n) is 5.76. The van der Waals surface area contributed by atoms with Crippen LogP contribution in [-0.2, 0) is 28.6 Å². The number of hydrogen-bond donors (Lipinski definition) is 3. The number of ether oxygens (including phenoxy) is 3. The first-order valence-corrected chi connectivity index (χ1v) is 12.2. The number of amides is 4. The van der Waals surface area contributed by atoms with Gasteiger partial charge in [0.15, 0.2) is 0 Å². The first-order chi connectivity index (χ1) is 18.2. The monoisotopic (exact) mass is 532 g/mol. The SMILES string of the molecule is CCOC(=O)CNC(=O)NC(=N)c1ccc(N2CC(CN3CCN(CC(=O)OCC)C(=O)C3)OC2=O)cc1. The Hall–Kier alpha value is -4.20. The largest absolute Gasteiger partial charge is 0.465 e. The molecule has 14 nitrogen and oxygen atoms in total. The molecule has 2 aliphatic heterocycles. The number of carbonyl (C=O) groups excluding carboxylic acids is 5. The average molecular weight is 533 g/mol. The molecule has 38 heavy (non-hydrogen) atoms. The van der Waals surface area contributed by atoms with Crippen molar-refractivity contribution in [2.45, 2.75) is 20.0 Å². The van der Waals surface area contributed by atoms with Crippen LogP contribution < -0.4 is 15.5 Å². The number of esters is 2. The van der Waals surface area contributed by atoms with Gasteiger partial charge in [0.2, 0.25) is 5.91 Å². The lowest BCUT2D eigenvalue weighted by Gasteiger charge is -2.34. The van der Waals surface area contributed by atoms with E-state index in [9.17, 15) is 24.0 Å². The summed E-state index contributed by atoms with van der Waals surface area (Å²) in [4.78, 5) is 64.5. The van der Waals surface area contributed by atoms with Crippen LogP contribution in [0, 0.1) is 5.41 Å². The number of carbonyl (C=O) groups is 5. The molecule has 0 spiro atoms. The topological polar surface area (TPSA) is 171 Å². The van der Waals surface area contributed by atoms with E-state index in [-0.39, 0.29) is 51.1 Å². The smallest absolute Gasteiger partial charge is 0.414 e. The number of amidine groups is 1. The summed E-state index contributed by atoms with van der Waals surface area (Å²) in [6.07, 6.45) is -0.976. The van der Waals surface area contributed by atoms with Gasteiger partial charge in [0, 0.05) is 30.9 Å². The standard InChI is InChI=1S/C24H32N6O8/c1-3-36-20(32)11-26-23(34)27-22(25)16-5-7-17(8-6-16)30-13-18(38-24(30)35)12-28-9-10-29(19(31)14-28)15-21(33)37-4-2/h5-8,18H,3-4,9-15H2,1-2H3,(H3,25,26,27,34). The van der Waals surface area contributed by atoms with Gasteiger partial charge in [-0.3, -0.25) is 34.9 Å². The van der Waals surface area contributed by atoms with Gasteiger partial charge < -0.3 is 24.4 Å². The zero-order chi connectivity index (χ0) is 27.7. The summed E-state index contributed by atoms with van der Waals surface area (Å²) >= 11 is 0. The van der Waals surface area contributed by atoms with Crippen LogP contribution in [0.25, 0.3) is 0 Å². The number of nitrogens with zero attached hydrogens (tertiary/aromatic N) is 3. The van der Waals surface area contributed by atoms with Crippen molar-refractivity contribution in [3.05, 3.63) is 29.8 Å². The Balaban J connectivity index is 1.47. The van der Waals surface area contributed by atoms with Crippen molar-refractivity contribution in [1.29, 1.82) is 5.41 Å². The summed E-state index contributed by atoms with van der Waals surface area (Å²) in [7, 11) is 0. The lowest BCUT2D eigenvalue weighted by molar-refractivity contribution is -0.151. The molecule has 1 aromatic rings. The van der Waals surface area contributed by atoms with Gasteiger partial charge >= 0.3 is 24.1 Å². The zero-order valence-electron chi connectivity index (χ0n) is 21.4. The second-order valence-electron chi connectivity index (χ2n) is 8.51. The van der Waals surface area contributed by atoms with Crippen LogP contribution in [0.15, 0.2) is 24.3 Å². The number of hydrogen-bond acceptors (Lipinski definition) is 10. The summed E-state index contributed by atoms with van der Waals surface area (Å²) in [5.41, 5.74) is 0.944. The molecule has 1 unspecified atom stereocenters. The quantitative estimate of drug-likeness (QED) is 0.161. The number of nitrogens with one attached hydrogen (secondary N) is 3. The highest BCUT2D eigenvalue weighted by molar-refractivity contribution is 6.06. The second kappa shape index (κ2) is 13.4. The molecule has 0 aromatic heterocycles. The predicted octanol–water partition coefficient (Wildman–Crippen LogP) is -0.0932. The lowest BCUT2D eigenvalue weighted by atomic mass is 10.1. The van der Waals surface area contributed by atoms with Crippen molar-refractivity contribution in [2.24, 2.45) is 0 Å². The van der Waals surface area contributed by atoms with Crippen molar-refractivity contribution < 1.29 is 38.2 Å². The van der Waals surface area contributed by atoms with Crippen LogP contribution in [0.1, 0.15) is 19.4 Å². The summed E-state index contributed by atoms with van der Waals surface area (Å²) in [5, 5.41) is 12.7. The minimum atomic E-state index is -0.724. The van der Waals surface area contributed by atoms with Gasteiger partial charge in [-0.05, 0) is 38.1 Å². The minimum absolute atomic E-state index is 0.0754. The van der Waals surface area contributed by atoms with Crippen LogP contribution >= 0.6 is 0 Å². The van der Waals surface area contributed by atoms with E-state index in [1.165, 1.54) is 9.80 Å². The van der Waals surface area contributed by atoms with Crippen molar-refractivity contribution in [2.75, 3.05) is 63.9 Å². The molecule has 1 aromatic carbocycles. The van der Waals surface area contributed by atoms with E-state index in [0.29, 0.717) is 30.9 Å². The molecule has 2 heterocycles. The number of urea groups is 1. The Morgan fingerprint density at radius 1 is 1.05 bits per heavy atom. The zero-order valence-corrected chi connectivity index (χ0v) is 21.4. The third-order valence-corrected chi connectivity index (χ3v) is 5.76. The molecule has 0 radical (unpaired) electrons. The molecule has 14 heteroatoms. The van der Waals surface area contributed by atoms with E-state index in [1.54, 1.807) is 38.1 Å². The molecule has 1 atom stereocenters. The molecular formula is C24H32N6O8. The van der Waals surface area contributed by atoms with Gasteiger partial charge in [-0.15, -0.1) is 0 Å². The third kappa shape index (κ3) is 7.90. The van der Waals surface area contributed by atoms with E-state index >= 15 is 0 Å². The Labute approximate surface area is 219 Å². The van der Waals surface area contributed by atoms with Crippen molar-refractivity contribution in [3.63, 3.8) is 0 Å². The molecule has 0 aliphatic carbocycles. The Kier molecular flexibility index (Phi) is 9.99. The first kappa shape index (κ1) is 28.4. The fourth-order valence-electron chi connectivity index (χ4n) is 3.96. The highest BCUT2D eigenvalue weighted by Crippen LogP contribution is 2.23.